The Morgan fingerprint density at radius 2 is 1.90 bits per heavy atom. The number of halogens is 2. The number of piperazine rings is 1. The van der Waals surface area contributed by atoms with E-state index in [1.54, 1.807) is 14.1 Å². The number of hydrogen-bond acceptors (Lipinski definition) is 3. The van der Waals surface area contributed by atoms with Crippen LogP contribution in [0.15, 0.2) is 18.2 Å². The average molecular weight is 297 g/mol. The lowest BCUT2D eigenvalue weighted by atomic mass is 10.1. The van der Waals surface area contributed by atoms with Crippen molar-refractivity contribution in [2.45, 2.75) is 6.04 Å². The number of likely N-dealkylation sites (N-methyl/N-ethyl adjacent to an activating group) is 1. The molecule has 1 atom stereocenters. The van der Waals surface area contributed by atoms with Gasteiger partial charge < -0.3 is 15.1 Å². The van der Waals surface area contributed by atoms with Gasteiger partial charge in [0.05, 0.1) is 0 Å². The second-order valence-electron chi connectivity index (χ2n) is 5.05. The minimum atomic E-state index is -0.922. The van der Waals surface area contributed by atoms with Gasteiger partial charge in [0, 0.05) is 33.7 Å². The first-order chi connectivity index (χ1) is 9.93. The van der Waals surface area contributed by atoms with Crippen molar-refractivity contribution in [1.82, 2.24) is 15.1 Å². The highest BCUT2D eigenvalue weighted by Gasteiger charge is 2.35. The first-order valence-electron chi connectivity index (χ1n) is 6.60. The first-order valence-corrected chi connectivity index (χ1v) is 6.60. The van der Waals surface area contributed by atoms with Crippen molar-refractivity contribution in [2.75, 3.05) is 33.7 Å². The fourth-order valence-electron chi connectivity index (χ4n) is 2.31. The van der Waals surface area contributed by atoms with Crippen LogP contribution >= 0.6 is 0 Å². The van der Waals surface area contributed by atoms with Crippen molar-refractivity contribution >= 4 is 11.8 Å². The molecule has 0 spiro atoms. The third-order valence-corrected chi connectivity index (χ3v) is 3.41. The minimum Gasteiger partial charge on any atom is -0.347 e. The summed E-state index contributed by atoms with van der Waals surface area (Å²) in [5, 5.41) is 3.01. The lowest BCUT2D eigenvalue weighted by molar-refractivity contribution is -0.134. The second-order valence-corrected chi connectivity index (χ2v) is 5.05. The highest BCUT2D eigenvalue weighted by molar-refractivity contribution is 5.98. The highest BCUT2D eigenvalue weighted by atomic mass is 19.1. The van der Waals surface area contributed by atoms with E-state index in [0.29, 0.717) is 6.54 Å². The summed E-state index contributed by atoms with van der Waals surface area (Å²) >= 11 is 0. The van der Waals surface area contributed by atoms with Gasteiger partial charge in [-0.15, -0.1) is 0 Å². The predicted molar refractivity (Wildman–Crippen MR) is 72.7 cm³/mol. The standard InChI is InChI=1S/C14H17F2N3O2/c1-18(2)13(20)11-8-17-6-7-19(11)14(21)12-9(15)4-3-5-10(12)16/h3-5,11,17H,6-8H2,1-2H3. The molecule has 0 saturated carbocycles. The van der Waals surface area contributed by atoms with Crippen molar-refractivity contribution in [3.8, 4) is 0 Å². The molecule has 0 bridgehead atoms. The van der Waals surface area contributed by atoms with Gasteiger partial charge in [-0.2, -0.15) is 0 Å². The van der Waals surface area contributed by atoms with Gasteiger partial charge in [-0.1, -0.05) is 6.07 Å². The van der Waals surface area contributed by atoms with E-state index in [0.717, 1.165) is 12.1 Å². The van der Waals surface area contributed by atoms with Crippen molar-refractivity contribution < 1.29 is 18.4 Å². The van der Waals surface area contributed by atoms with Gasteiger partial charge in [-0.05, 0) is 12.1 Å². The molecule has 1 N–H and O–H groups in total. The maximum atomic E-state index is 13.7. The van der Waals surface area contributed by atoms with E-state index in [2.05, 4.69) is 5.32 Å². The van der Waals surface area contributed by atoms with Crippen LogP contribution < -0.4 is 5.32 Å². The molecule has 0 aliphatic carbocycles. The summed E-state index contributed by atoms with van der Waals surface area (Å²) in [4.78, 5) is 27.1. The fraction of sp³-hybridized carbons (Fsp3) is 0.429. The van der Waals surface area contributed by atoms with Crippen LogP contribution in [0.1, 0.15) is 10.4 Å². The quantitative estimate of drug-likeness (QED) is 0.863. The van der Waals surface area contributed by atoms with Crippen LogP contribution in [-0.2, 0) is 4.79 Å². The monoisotopic (exact) mass is 297 g/mol. The molecule has 1 aliphatic rings. The van der Waals surface area contributed by atoms with Gasteiger partial charge in [-0.25, -0.2) is 8.78 Å². The van der Waals surface area contributed by atoms with E-state index in [1.165, 1.54) is 15.9 Å². The van der Waals surface area contributed by atoms with Crippen molar-refractivity contribution in [3.05, 3.63) is 35.4 Å². The van der Waals surface area contributed by atoms with Crippen LogP contribution in [0, 0.1) is 11.6 Å². The number of benzene rings is 1. The smallest absolute Gasteiger partial charge is 0.260 e. The zero-order valence-corrected chi connectivity index (χ0v) is 11.9. The summed E-state index contributed by atoms with van der Waals surface area (Å²) < 4.78 is 27.5. The molecule has 7 heteroatoms. The molecule has 2 rings (SSSR count). The number of hydrogen-bond donors (Lipinski definition) is 1. The number of carbonyl (C=O) groups is 2. The van der Waals surface area contributed by atoms with Crippen LogP contribution in [0.4, 0.5) is 8.78 Å². The van der Waals surface area contributed by atoms with Crippen LogP contribution in [-0.4, -0.2) is 61.4 Å². The Bertz CT molecular complexity index is 543. The molecular weight excluding hydrogens is 280 g/mol. The zero-order valence-electron chi connectivity index (χ0n) is 11.9. The number of amides is 2. The topological polar surface area (TPSA) is 52.7 Å². The van der Waals surface area contributed by atoms with Gasteiger partial charge >= 0.3 is 0 Å². The van der Waals surface area contributed by atoms with Crippen molar-refractivity contribution in [2.24, 2.45) is 0 Å². The first kappa shape index (κ1) is 15.4. The molecule has 1 heterocycles. The fourth-order valence-corrected chi connectivity index (χ4v) is 2.31. The normalized spacial score (nSPS) is 18.5. The third-order valence-electron chi connectivity index (χ3n) is 3.41. The van der Waals surface area contributed by atoms with E-state index in [1.807, 2.05) is 0 Å². The Morgan fingerprint density at radius 1 is 1.29 bits per heavy atom. The molecule has 2 amide bonds. The Morgan fingerprint density at radius 3 is 2.48 bits per heavy atom. The number of nitrogens with one attached hydrogen (secondary N) is 1. The summed E-state index contributed by atoms with van der Waals surface area (Å²) in [6.45, 7) is 0.953. The SMILES string of the molecule is CN(C)C(=O)C1CNCCN1C(=O)c1c(F)cccc1F. The largest absolute Gasteiger partial charge is 0.347 e. The maximum absolute atomic E-state index is 13.7. The lowest BCUT2D eigenvalue weighted by Gasteiger charge is -2.36. The number of nitrogens with zero attached hydrogens (tertiary/aromatic N) is 2. The molecule has 0 radical (unpaired) electrons. The van der Waals surface area contributed by atoms with Crippen molar-refractivity contribution in [3.63, 3.8) is 0 Å². The van der Waals surface area contributed by atoms with Crippen LogP contribution in [0.3, 0.4) is 0 Å². The molecular formula is C14H17F2N3O2. The summed E-state index contributed by atoms with van der Waals surface area (Å²) in [6.07, 6.45) is 0. The molecule has 114 valence electrons. The number of rotatable bonds is 2. The van der Waals surface area contributed by atoms with Gasteiger partial charge in [0.2, 0.25) is 5.91 Å². The molecule has 1 fully saturated rings. The summed E-state index contributed by atoms with van der Waals surface area (Å²) in [5.74, 6) is -2.93. The Balaban J connectivity index is 2.33. The third kappa shape index (κ3) is 3.02. The van der Waals surface area contributed by atoms with E-state index in [9.17, 15) is 18.4 Å². The molecule has 1 saturated heterocycles. The summed E-state index contributed by atoms with van der Waals surface area (Å²) in [5.41, 5.74) is -0.615. The Kier molecular flexibility index (Phi) is 4.52. The highest BCUT2D eigenvalue weighted by Crippen LogP contribution is 2.18. The van der Waals surface area contributed by atoms with Gasteiger partial charge in [-0.3, -0.25) is 9.59 Å². The number of carbonyl (C=O) groups excluding carboxylic acids is 2. The van der Waals surface area contributed by atoms with Gasteiger partial charge in [0.25, 0.3) is 5.91 Å². The molecule has 5 nitrogen and oxygen atoms in total. The zero-order chi connectivity index (χ0) is 15.6. The summed E-state index contributed by atoms with van der Waals surface area (Å²) in [7, 11) is 3.15. The van der Waals surface area contributed by atoms with Crippen molar-refractivity contribution in [1.29, 1.82) is 0 Å². The molecule has 1 aromatic carbocycles. The second kappa shape index (κ2) is 6.17. The molecule has 1 unspecified atom stereocenters. The van der Waals surface area contributed by atoms with E-state index in [4.69, 9.17) is 0 Å². The van der Waals surface area contributed by atoms with E-state index in [-0.39, 0.29) is 19.0 Å². The minimum absolute atomic E-state index is 0.219. The van der Waals surface area contributed by atoms with Gasteiger partial charge in [0.15, 0.2) is 0 Å². The molecule has 1 aliphatic heterocycles. The molecule has 1 aromatic rings. The Hall–Kier alpha value is -2.02. The Labute approximate surface area is 121 Å². The average Bonchev–Trinajstić information content (AvgIpc) is 2.46. The molecule has 21 heavy (non-hydrogen) atoms. The summed E-state index contributed by atoms with van der Waals surface area (Å²) in [6, 6.07) is 2.49. The predicted octanol–water partition coefficient (Wildman–Crippen LogP) is 0.467. The van der Waals surface area contributed by atoms with E-state index >= 15 is 0 Å². The van der Waals surface area contributed by atoms with E-state index < -0.39 is 29.1 Å². The van der Waals surface area contributed by atoms with Crippen LogP contribution in [0.25, 0.3) is 0 Å². The van der Waals surface area contributed by atoms with Crippen LogP contribution in [0.5, 0.6) is 0 Å². The molecule has 0 aromatic heterocycles. The maximum Gasteiger partial charge on any atom is 0.260 e. The lowest BCUT2D eigenvalue weighted by Crippen LogP contribution is -2.59. The van der Waals surface area contributed by atoms with Gasteiger partial charge in [0.1, 0.15) is 23.2 Å². The van der Waals surface area contributed by atoms with Crippen LogP contribution in [0.2, 0.25) is 0 Å².